The van der Waals surface area contributed by atoms with E-state index < -0.39 is 30.1 Å². The summed E-state index contributed by atoms with van der Waals surface area (Å²) in [6.07, 6.45) is 2.72. The summed E-state index contributed by atoms with van der Waals surface area (Å²) in [5, 5.41) is 32.4. The van der Waals surface area contributed by atoms with E-state index in [0.717, 1.165) is 19.3 Å². The van der Waals surface area contributed by atoms with Crippen molar-refractivity contribution in [2.24, 2.45) is 22.7 Å². The molecule has 1 aromatic rings. The van der Waals surface area contributed by atoms with Gasteiger partial charge in [-0.05, 0) is 85.8 Å². The molecule has 1 aliphatic heterocycles. The number of likely N-dealkylation sites (tertiary alicyclic amines) is 1. The summed E-state index contributed by atoms with van der Waals surface area (Å²) in [5.41, 5.74) is 0.819. The van der Waals surface area contributed by atoms with Crippen molar-refractivity contribution in [3.8, 4) is 11.5 Å². The van der Waals surface area contributed by atoms with Crippen LogP contribution in [0.4, 0.5) is 0 Å². The molecule has 2 fully saturated rings. The third-order valence-electron chi connectivity index (χ3n) is 9.72. The van der Waals surface area contributed by atoms with E-state index in [0.29, 0.717) is 37.3 Å². The van der Waals surface area contributed by atoms with Gasteiger partial charge >= 0.3 is 5.97 Å². The molecule has 1 heterocycles. The zero-order chi connectivity index (χ0) is 30.7. The average Bonchev–Trinajstić information content (AvgIpc) is 3.44. The molecule has 0 spiro atoms. The lowest BCUT2D eigenvalue weighted by atomic mass is 9.66. The maximum absolute atomic E-state index is 13.7. The Kier molecular flexibility index (Phi) is 10.4. The molecule has 1 aliphatic carbocycles. The van der Waals surface area contributed by atoms with Crippen LogP contribution in [0.1, 0.15) is 92.6 Å². The molecule has 2 unspecified atom stereocenters. The van der Waals surface area contributed by atoms with E-state index in [2.05, 4.69) is 33.0 Å². The Labute approximate surface area is 244 Å². The Morgan fingerprint density at radius 3 is 2.34 bits per heavy atom. The standard InChI is InChI=1S/C32H50N2O7/c1-19(2)15-23(33-28(38)27(37)18-21-10-11-25(35)26(36)17-21)29(39)34-14-8-9-24(34)30(40)41-20(3)16-22-12-13-31(4,5)32(22,6)7/h10-11,17,19-20,22-24,27,35-37H,8-9,12-16,18H2,1-7H3,(H,33,38)/t20?,22?,23-,24-,27+/m0/s1. The number of aliphatic hydroxyl groups is 1. The smallest absolute Gasteiger partial charge is 0.329 e. The minimum atomic E-state index is -1.47. The molecule has 3 rings (SSSR count). The molecule has 1 aromatic carbocycles. The summed E-state index contributed by atoms with van der Waals surface area (Å²) in [7, 11) is 0. The van der Waals surface area contributed by atoms with Crippen LogP contribution >= 0.6 is 0 Å². The zero-order valence-corrected chi connectivity index (χ0v) is 25.8. The van der Waals surface area contributed by atoms with Crippen molar-refractivity contribution in [3.63, 3.8) is 0 Å². The topological polar surface area (TPSA) is 136 Å². The third-order valence-corrected chi connectivity index (χ3v) is 9.72. The number of carbonyl (C=O) groups is 3. The van der Waals surface area contributed by atoms with Gasteiger partial charge in [-0.1, -0.05) is 47.6 Å². The first-order valence-corrected chi connectivity index (χ1v) is 15.0. The van der Waals surface area contributed by atoms with Gasteiger partial charge < -0.3 is 30.3 Å². The maximum atomic E-state index is 13.7. The number of aliphatic hydroxyl groups excluding tert-OH is 1. The van der Waals surface area contributed by atoms with Gasteiger partial charge in [-0.3, -0.25) is 9.59 Å². The van der Waals surface area contributed by atoms with Gasteiger partial charge in [-0.25, -0.2) is 4.79 Å². The van der Waals surface area contributed by atoms with E-state index in [1.54, 1.807) is 0 Å². The number of hydrogen-bond donors (Lipinski definition) is 4. The summed E-state index contributed by atoms with van der Waals surface area (Å²) >= 11 is 0. The Hall–Kier alpha value is -2.81. The minimum Gasteiger partial charge on any atom is -0.504 e. The second-order valence-corrected chi connectivity index (χ2v) is 13.7. The van der Waals surface area contributed by atoms with Crippen LogP contribution in [0.5, 0.6) is 11.5 Å². The first-order chi connectivity index (χ1) is 19.0. The molecular weight excluding hydrogens is 524 g/mol. The largest absolute Gasteiger partial charge is 0.504 e. The van der Waals surface area contributed by atoms with Gasteiger partial charge in [0, 0.05) is 13.0 Å². The van der Waals surface area contributed by atoms with Crippen LogP contribution in [-0.4, -0.2) is 68.8 Å². The number of benzene rings is 1. The average molecular weight is 575 g/mol. The van der Waals surface area contributed by atoms with Crippen LogP contribution in [0, 0.1) is 22.7 Å². The molecule has 5 atom stereocenters. The number of phenolic OH excluding ortho intramolecular Hbond substituents is 2. The lowest BCUT2D eigenvalue weighted by Crippen LogP contribution is -2.54. The van der Waals surface area contributed by atoms with Crippen LogP contribution in [-0.2, 0) is 25.5 Å². The van der Waals surface area contributed by atoms with Crippen LogP contribution < -0.4 is 5.32 Å². The van der Waals surface area contributed by atoms with Gasteiger partial charge in [0.2, 0.25) is 11.8 Å². The van der Waals surface area contributed by atoms with Crippen molar-refractivity contribution in [2.45, 2.75) is 118 Å². The van der Waals surface area contributed by atoms with Crippen molar-refractivity contribution < 1.29 is 34.4 Å². The number of amides is 2. The molecule has 9 nitrogen and oxygen atoms in total. The van der Waals surface area contributed by atoms with Crippen molar-refractivity contribution in [1.29, 1.82) is 0 Å². The van der Waals surface area contributed by atoms with E-state index in [9.17, 15) is 29.7 Å². The van der Waals surface area contributed by atoms with Gasteiger partial charge in [0.1, 0.15) is 18.2 Å². The lowest BCUT2D eigenvalue weighted by Gasteiger charge is -2.40. The Bertz CT molecular complexity index is 1100. The molecule has 2 aliphatic rings. The Morgan fingerprint density at radius 1 is 1.07 bits per heavy atom. The van der Waals surface area contributed by atoms with Gasteiger partial charge in [0.25, 0.3) is 0 Å². The molecule has 230 valence electrons. The quantitative estimate of drug-likeness (QED) is 0.228. The number of hydrogen-bond acceptors (Lipinski definition) is 7. The second kappa shape index (κ2) is 13.0. The highest BCUT2D eigenvalue weighted by Gasteiger charge is 2.49. The van der Waals surface area contributed by atoms with Crippen LogP contribution in [0.15, 0.2) is 18.2 Å². The maximum Gasteiger partial charge on any atom is 0.329 e. The third kappa shape index (κ3) is 7.73. The Balaban J connectivity index is 1.63. The van der Waals surface area contributed by atoms with E-state index in [4.69, 9.17) is 4.74 Å². The molecule has 0 aromatic heterocycles. The molecule has 2 amide bonds. The summed E-state index contributed by atoms with van der Waals surface area (Å²) in [6.45, 7) is 15.4. The molecule has 1 saturated heterocycles. The summed E-state index contributed by atoms with van der Waals surface area (Å²) in [5.74, 6) is -1.60. The SMILES string of the molecule is CC(C)C[C@H](NC(=O)[C@H](O)Cc1ccc(O)c(O)c1)C(=O)N1CCC[C@H]1C(=O)OC(C)CC1CCC(C)(C)C1(C)C. The Morgan fingerprint density at radius 2 is 1.76 bits per heavy atom. The van der Waals surface area contributed by atoms with E-state index in [1.807, 2.05) is 20.8 Å². The number of esters is 1. The highest BCUT2D eigenvalue weighted by atomic mass is 16.5. The number of ether oxygens (including phenoxy) is 1. The van der Waals surface area contributed by atoms with Crippen molar-refractivity contribution in [2.75, 3.05) is 6.54 Å². The number of carbonyl (C=O) groups excluding carboxylic acids is 3. The van der Waals surface area contributed by atoms with Crippen LogP contribution in [0.2, 0.25) is 0 Å². The molecule has 0 radical (unpaired) electrons. The van der Waals surface area contributed by atoms with Crippen LogP contribution in [0.3, 0.4) is 0 Å². The first kappa shape index (κ1) is 32.7. The number of nitrogens with zero attached hydrogens (tertiary/aromatic N) is 1. The fourth-order valence-corrected chi connectivity index (χ4v) is 6.36. The summed E-state index contributed by atoms with van der Waals surface area (Å²) < 4.78 is 5.90. The predicted octanol–water partition coefficient (Wildman–Crippen LogP) is 4.31. The van der Waals surface area contributed by atoms with Gasteiger partial charge in [-0.2, -0.15) is 0 Å². The van der Waals surface area contributed by atoms with E-state index in [1.165, 1.54) is 23.1 Å². The zero-order valence-electron chi connectivity index (χ0n) is 25.8. The predicted molar refractivity (Wildman–Crippen MR) is 156 cm³/mol. The van der Waals surface area contributed by atoms with Crippen molar-refractivity contribution in [1.82, 2.24) is 10.2 Å². The number of nitrogens with one attached hydrogen (secondary N) is 1. The normalized spacial score (nSPS) is 23.7. The summed E-state index contributed by atoms with van der Waals surface area (Å²) in [6, 6.07) is 2.45. The fraction of sp³-hybridized carbons (Fsp3) is 0.719. The highest BCUT2D eigenvalue weighted by Crippen LogP contribution is 2.57. The molecule has 0 bridgehead atoms. The monoisotopic (exact) mass is 574 g/mol. The van der Waals surface area contributed by atoms with Crippen molar-refractivity contribution in [3.05, 3.63) is 23.8 Å². The van der Waals surface area contributed by atoms with E-state index in [-0.39, 0.29) is 46.7 Å². The summed E-state index contributed by atoms with van der Waals surface area (Å²) in [4.78, 5) is 41.4. The molecular formula is C32H50N2O7. The van der Waals surface area contributed by atoms with Gasteiger partial charge in [0.05, 0.1) is 6.10 Å². The molecule has 41 heavy (non-hydrogen) atoms. The van der Waals surface area contributed by atoms with Gasteiger partial charge in [0.15, 0.2) is 11.5 Å². The number of phenols is 2. The molecule has 9 heteroatoms. The first-order valence-electron chi connectivity index (χ1n) is 15.0. The van der Waals surface area contributed by atoms with E-state index >= 15 is 0 Å². The fourth-order valence-electron chi connectivity index (χ4n) is 6.36. The van der Waals surface area contributed by atoms with Crippen molar-refractivity contribution >= 4 is 17.8 Å². The molecule has 4 N–H and O–H groups in total. The van der Waals surface area contributed by atoms with Gasteiger partial charge in [-0.15, -0.1) is 0 Å². The minimum absolute atomic E-state index is 0.0717. The number of aromatic hydroxyl groups is 2. The van der Waals surface area contributed by atoms with Crippen LogP contribution in [0.25, 0.3) is 0 Å². The highest BCUT2D eigenvalue weighted by molar-refractivity contribution is 5.92. The lowest BCUT2D eigenvalue weighted by molar-refractivity contribution is -0.159. The number of rotatable bonds is 11. The second-order valence-electron chi connectivity index (χ2n) is 13.7. The molecule has 1 saturated carbocycles.